The first-order valence-corrected chi connectivity index (χ1v) is 17.6. The molecule has 1 aliphatic carbocycles. The summed E-state index contributed by atoms with van der Waals surface area (Å²) in [5.41, 5.74) is 1.05. The molecule has 0 aromatic heterocycles. The summed E-state index contributed by atoms with van der Waals surface area (Å²) in [7, 11) is -3.75. The third-order valence-corrected chi connectivity index (χ3v) is 11.0. The molecule has 3 amide bonds. The molecule has 45 heavy (non-hydrogen) atoms. The van der Waals surface area contributed by atoms with Gasteiger partial charge >= 0.3 is 6.09 Å². The second kappa shape index (κ2) is 12.5. The van der Waals surface area contributed by atoms with Gasteiger partial charge in [-0.3, -0.25) is 14.6 Å². The van der Waals surface area contributed by atoms with Gasteiger partial charge in [-0.05, 0) is 108 Å². The molecule has 0 bridgehead atoms. The SMILES string of the molecule is Cc1cc(C(=O)N2CCCN2C(=O)OC(C)(C)C)cc(C)c1/C=C/S(=O)(=O)N1CCC2(CC1)N=C(C1CCC(C)CC1)NC2=O. The summed E-state index contributed by atoms with van der Waals surface area (Å²) in [5, 5.41) is 7.00. The van der Waals surface area contributed by atoms with Crippen molar-refractivity contribution < 1.29 is 27.5 Å². The number of amidine groups is 1. The largest absolute Gasteiger partial charge is 0.442 e. The molecular formula is C33H47N5O6S. The minimum absolute atomic E-state index is 0.104. The van der Waals surface area contributed by atoms with E-state index < -0.39 is 27.3 Å². The number of hydrogen-bond acceptors (Lipinski definition) is 7. The molecule has 1 aromatic rings. The van der Waals surface area contributed by atoms with Crippen LogP contribution in [0.15, 0.2) is 22.5 Å². The van der Waals surface area contributed by atoms with Crippen molar-refractivity contribution in [2.24, 2.45) is 16.8 Å². The molecule has 0 unspecified atom stereocenters. The minimum atomic E-state index is -3.75. The smallest absolute Gasteiger partial charge is 0.429 e. The molecular weight excluding hydrogens is 594 g/mol. The number of piperidine rings is 1. The average molecular weight is 642 g/mol. The summed E-state index contributed by atoms with van der Waals surface area (Å²) in [6.07, 6.45) is 6.68. The molecule has 1 saturated carbocycles. The number of amides is 3. The number of hydrogen-bond donors (Lipinski definition) is 1. The highest BCUT2D eigenvalue weighted by Gasteiger charge is 2.48. The van der Waals surface area contributed by atoms with E-state index in [2.05, 4.69) is 12.2 Å². The average Bonchev–Trinajstić information content (AvgIpc) is 3.57. The number of hydrazine groups is 1. The number of nitrogens with zero attached hydrogens (tertiary/aromatic N) is 4. The van der Waals surface area contributed by atoms with E-state index in [0.717, 1.165) is 42.6 Å². The summed E-state index contributed by atoms with van der Waals surface area (Å²) in [4.78, 5) is 44.0. The highest BCUT2D eigenvalue weighted by molar-refractivity contribution is 7.92. The van der Waals surface area contributed by atoms with Gasteiger partial charge < -0.3 is 10.1 Å². The second-order valence-electron chi connectivity index (χ2n) is 14.1. The lowest BCUT2D eigenvalue weighted by Crippen LogP contribution is -2.50. The van der Waals surface area contributed by atoms with Crippen LogP contribution in [0, 0.1) is 25.7 Å². The van der Waals surface area contributed by atoms with Crippen molar-refractivity contribution in [2.45, 2.75) is 97.6 Å². The number of benzene rings is 1. The molecule has 1 aromatic carbocycles. The van der Waals surface area contributed by atoms with E-state index in [9.17, 15) is 22.8 Å². The van der Waals surface area contributed by atoms with Crippen molar-refractivity contribution >= 4 is 39.8 Å². The molecule has 1 spiro atoms. The summed E-state index contributed by atoms with van der Waals surface area (Å²) in [5.74, 6) is 1.36. The van der Waals surface area contributed by atoms with Crippen LogP contribution >= 0.6 is 0 Å². The number of aliphatic imine (C=N–C) groups is 1. The monoisotopic (exact) mass is 641 g/mol. The Bertz CT molecular complexity index is 1490. The molecule has 4 aliphatic rings. The van der Waals surface area contributed by atoms with Crippen LogP contribution < -0.4 is 5.32 Å². The van der Waals surface area contributed by atoms with Crippen molar-refractivity contribution in [2.75, 3.05) is 26.2 Å². The van der Waals surface area contributed by atoms with Gasteiger partial charge in [-0.1, -0.05) is 19.8 Å². The first-order valence-electron chi connectivity index (χ1n) is 16.1. The lowest BCUT2D eigenvalue weighted by Gasteiger charge is -2.34. The zero-order valence-corrected chi connectivity index (χ0v) is 28.2. The van der Waals surface area contributed by atoms with E-state index in [-0.39, 0.29) is 30.8 Å². The number of carbonyl (C=O) groups excluding carboxylic acids is 3. The minimum Gasteiger partial charge on any atom is -0.442 e. The highest BCUT2D eigenvalue weighted by atomic mass is 32.2. The summed E-state index contributed by atoms with van der Waals surface area (Å²) < 4.78 is 33.6. The van der Waals surface area contributed by atoms with Gasteiger partial charge in [-0.25, -0.2) is 23.2 Å². The summed E-state index contributed by atoms with van der Waals surface area (Å²) in [6, 6.07) is 3.44. The van der Waals surface area contributed by atoms with Gasteiger partial charge in [-0.2, -0.15) is 4.31 Å². The topological polar surface area (TPSA) is 129 Å². The lowest BCUT2D eigenvalue weighted by atomic mass is 9.82. The Morgan fingerprint density at radius 1 is 1.00 bits per heavy atom. The van der Waals surface area contributed by atoms with E-state index >= 15 is 0 Å². The molecule has 5 rings (SSSR count). The van der Waals surface area contributed by atoms with Gasteiger partial charge in [0, 0.05) is 43.1 Å². The maximum absolute atomic E-state index is 13.4. The fourth-order valence-electron chi connectivity index (χ4n) is 6.80. The number of rotatable bonds is 5. The Morgan fingerprint density at radius 3 is 2.20 bits per heavy atom. The van der Waals surface area contributed by atoms with Gasteiger partial charge in [0.15, 0.2) is 0 Å². The number of sulfonamides is 1. The Labute approximate surface area is 267 Å². The molecule has 2 saturated heterocycles. The third-order valence-electron chi connectivity index (χ3n) is 9.43. The van der Waals surface area contributed by atoms with Crippen LogP contribution in [0.5, 0.6) is 0 Å². The van der Waals surface area contributed by atoms with Gasteiger partial charge in [0.2, 0.25) is 10.0 Å². The maximum atomic E-state index is 13.4. The van der Waals surface area contributed by atoms with Crippen molar-refractivity contribution in [3.8, 4) is 0 Å². The third kappa shape index (κ3) is 7.11. The van der Waals surface area contributed by atoms with E-state index in [1.165, 1.54) is 19.7 Å². The number of nitrogens with one attached hydrogen (secondary N) is 1. The second-order valence-corrected chi connectivity index (χ2v) is 15.9. The van der Waals surface area contributed by atoms with Crippen molar-refractivity contribution in [1.82, 2.24) is 19.6 Å². The Balaban J connectivity index is 1.24. The van der Waals surface area contributed by atoms with E-state index in [1.807, 2.05) is 13.8 Å². The van der Waals surface area contributed by atoms with Crippen LogP contribution in [0.4, 0.5) is 4.79 Å². The highest BCUT2D eigenvalue weighted by Crippen LogP contribution is 2.36. The Hall–Kier alpha value is -3.25. The molecule has 12 heteroatoms. The van der Waals surface area contributed by atoms with E-state index in [0.29, 0.717) is 49.4 Å². The molecule has 0 atom stereocenters. The molecule has 3 heterocycles. The molecule has 3 aliphatic heterocycles. The van der Waals surface area contributed by atoms with E-state index in [4.69, 9.17) is 9.73 Å². The standard InChI is InChI=1S/C33H47N5O6S/c1-22-8-10-25(11-9-22)28-34-30(40)33(35-28)13-17-36(18-14-33)45(42,43)19-12-27-23(2)20-26(21-24(27)3)29(39)37-15-7-16-38(37)31(41)44-32(4,5)6/h12,19-22,25H,7-11,13-18H2,1-6H3,(H,34,35,40)/b19-12+. The zero-order valence-electron chi connectivity index (χ0n) is 27.4. The zero-order chi connectivity index (χ0) is 32.7. The molecule has 3 fully saturated rings. The molecule has 1 N–H and O–H groups in total. The van der Waals surface area contributed by atoms with Gasteiger partial charge in [0.25, 0.3) is 11.8 Å². The van der Waals surface area contributed by atoms with Crippen molar-refractivity contribution in [3.63, 3.8) is 0 Å². The van der Waals surface area contributed by atoms with Crippen LogP contribution in [0.25, 0.3) is 6.08 Å². The predicted molar refractivity (Wildman–Crippen MR) is 173 cm³/mol. The van der Waals surface area contributed by atoms with Gasteiger partial charge in [0.05, 0.1) is 0 Å². The van der Waals surface area contributed by atoms with Gasteiger partial charge in [0.1, 0.15) is 17.0 Å². The summed E-state index contributed by atoms with van der Waals surface area (Å²) in [6.45, 7) is 12.5. The lowest BCUT2D eigenvalue weighted by molar-refractivity contribution is -0.125. The Morgan fingerprint density at radius 2 is 1.60 bits per heavy atom. The first-order chi connectivity index (χ1) is 21.1. The first kappa shape index (κ1) is 33.1. The number of carbonyl (C=O) groups is 3. The quantitative estimate of drug-likeness (QED) is 0.492. The predicted octanol–water partition coefficient (Wildman–Crippen LogP) is 4.79. The molecule has 11 nitrogen and oxygen atoms in total. The van der Waals surface area contributed by atoms with Crippen LogP contribution in [0.2, 0.25) is 0 Å². The Kier molecular flexibility index (Phi) is 9.21. The molecule has 246 valence electrons. The van der Waals surface area contributed by atoms with Crippen molar-refractivity contribution in [1.29, 1.82) is 0 Å². The maximum Gasteiger partial charge on any atom is 0.429 e. The van der Waals surface area contributed by atoms with Crippen LogP contribution in [-0.2, 0) is 19.6 Å². The van der Waals surface area contributed by atoms with Gasteiger partial charge in [-0.15, -0.1) is 0 Å². The number of ether oxygens (including phenoxy) is 1. The van der Waals surface area contributed by atoms with Crippen LogP contribution in [0.3, 0.4) is 0 Å². The fourth-order valence-corrected chi connectivity index (χ4v) is 7.97. The van der Waals surface area contributed by atoms with E-state index in [1.54, 1.807) is 39.0 Å². The number of aryl methyl sites for hydroxylation is 2. The van der Waals surface area contributed by atoms with Crippen LogP contribution in [0.1, 0.15) is 99.7 Å². The summed E-state index contributed by atoms with van der Waals surface area (Å²) >= 11 is 0. The normalized spacial score (nSPS) is 24.3. The molecule has 0 radical (unpaired) electrons. The van der Waals surface area contributed by atoms with Crippen LogP contribution in [-0.4, -0.2) is 83.8 Å². The fraction of sp³-hybridized carbons (Fsp3) is 0.636. The van der Waals surface area contributed by atoms with Crippen molar-refractivity contribution in [3.05, 3.63) is 39.8 Å².